The van der Waals surface area contributed by atoms with E-state index in [-0.39, 0.29) is 10.0 Å². The van der Waals surface area contributed by atoms with Crippen LogP contribution in [0.4, 0.5) is 15.9 Å². The summed E-state index contributed by atoms with van der Waals surface area (Å²) in [5, 5.41) is 2.61. The van der Waals surface area contributed by atoms with E-state index in [1.807, 2.05) is 19.0 Å². The van der Waals surface area contributed by atoms with Crippen molar-refractivity contribution < 1.29 is 9.18 Å². The van der Waals surface area contributed by atoms with Crippen molar-refractivity contribution in [3.05, 3.63) is 52.4 Å². The first-order chi connectivity index (χ1) is 9.49. The van der Waals surface area contributed by atoms with Crippen LogP contribution in [-0.4, -0.2) is 25.0 Å². The average Bonchev–Trinajstić information content (AvgIpc) is 2.42. The van der Waals surface area contributed by atoms with E-state index in [1.54, 1.807) is 24.3 Å². The third-order valence-corrected chi connectivity index (χ3v) is 3.27. The zero-order valence-corrected chi connectivity index (χ0v) is 12.6. The van der Waals surface area contributed by atoms with E-state index in [2.05, 4.69) is 26.2 Å². The highest BCUT2D eigenvalue weighted by molar-refractivity contribution is 9.10. The van der Waals surface area contributed by atoms with Crippen molar-refractivity contribution in [3.63, 3.8) is 0 Å². The first kappa shape index (κ1) is 14.5. The molecule has 0 aliphatic carbocycles. The van der Waals surface area contributed by atoms with Gasteiger partial charge >= 0.3 is 0 Å². The second-order valence-corrected chi connectivity index (χ2v) is 5.21. The summed E-state index contributed by atoms with van der Waals surface area (Å²) in [6.07, 6.45) is 1.53. The van der Waals surface area contributed by atoms with Gasteiger partial charge in [-0.3, -0.25) is 4.79 Å². The molecule has 1 aromatic carbocycles. The van der Waals surface area contributed by atoms with Gasteiger partial charge in [0.1, 0.15) is 11.6 Å². The number of nitrogens with one attached hydrogen (secondary N) is 1. The molecule has 0 unspecified atom stereocenters. The van der Waals surface area contributed by atoms with Gasteiger partial charge in [-0.2, -0.15) is 0 Å². The number of rotatable bonds is 3. The molecule has 2 aromatic rings. The maximum absolute atomic E-state index is 13.8. The van der Waals surface area contributed by atoms with Crippen LogP contribution in [0.15, 0.2) is 41.0 Å². The van der Waals surface area contributed by atoms with Crippen LogP contribution in [0.3, 0.4) is 0 Å². The quantitative estimate of drug-likeness (QED) is 0.934. The fourth-order valence-electron chi connectivity index (χ4n) is 1.60. The van der Waals surface area contributed by atoms with E-state index < -0.39 is 11.7 Å². The first-order valence-corrected chi connectivity index (χ1v) is 6.67. The van der Waals surface area contributed by atoms with E-state index in [4.69, 9.17) is 0 Å². The maximum Gasteiger partial charge on any atom is 0.258 e. The summed E-state index contributed by atoms with van der Waals surface area (Å²) in [6.45, 7) is 0. The Morgan fingerprint density at radius 1 is 1.30 bits per heavy atom. The lowest BCUT2D eigenvalue weighted by Crippen LogP contribution is -2.15. The van der Waals surface area contributed by atoms with Crippen molar-refractivity contribution >= 4 is 33.3 Å². The minimum absolute atomic E-state index is 0.0175. The van der Waals surface area contributed by atoms with Crippen molar-refractivity contribution in [2.24, 2.45) is 0 Å². The number of hydrogen-bond acceptors (Lipinski definition) is 3. The van der Waals surface area contributed by atoms with Crippen LogP contribution in [0.1, 0.15) is 10.4 Å². The molecule has 2 rings (SSSR count). The van der Waals surface area contributed by atoms with Crippen LogP contribution < -0.4 is 10.2 Å². The van der Waals surface area contributed by atoms with Gasteiger partial charge in [-0.1, -0.05) is 6.07 Å². The molecule has 0 radical (unpaired) electrons. The highest BCUT2D eigenvalue weighted by Crippen LogP contribution is 2.20. The molecule has 0 spiro atoms. The van der Waals surface area contributed by atoms with E-state index in [0.29, 0.717) is 5.69 Å². The molecule has 0 aliphatic rings. The second kappa shape index (κ2) is 6.00. The molecule has 0 saturated carbocycles. The number of hydrogen-bond donors (Lipinski definition) is 1. The zero-order chi connectivity index (χ0) is 14.7. The third kappa shape index (κ3) is 3.14. The average molecular weight is 338 g/mol. The number of halogens is 2. The van der Waals surface area contributed by atoms with Gasteiger partial charge in [0.05, 0.1) is 21.9 Å². The Morgan fingerprint density at radius 3 is 2.65 bits per heavy atom. The number of amides is 1. The van der Waals surface area contributed by atoms with Gasteiger partial charge < -0.3 is 10.2 Å². The van der Waals surface area contributed by atoms with Gasteiger partial charge in [0.15, 0.2) is 0 Å². The fourth-order valence-corrected chi connectivity index (χ4v) is 1.97. The second-order valence-electron chi connectivity index (χ2n) is 4.36. The standard InChI is InChI=1S/C14H13BrFN3O/c1-19(2)12-7-6-9(8-17-12)18-14(20)10-4-3-5-11(15)13(10)16/h3-8H,1-2H3,(H,18,20). The molecule has 1 amide bonds. The lowest BCUT2D eigenvalue weighted by Gasteiger charge is -2.12. The minimum atomic E-state index is -0.581. The van der Waals surface area contributed by atoms with Crippen LogP contribution >= 0.6 is 15.9 Å². The van der Waals surface area contributed by atoms with Gasteiger partial charge in [-0.25, -0.2) is 9.37 Å². The van der Waals surface area contributed by atoms with Gasteiger partial charge in [-0.15, -0.1) is 0 Å². The summed E-state index contributed by atoms with van der Waals surface area (Å²) in [5.41, 5.74) is 0.496. The van der Waals surface area contributed by atoms with Gasteiger partial charge in [-0.05, 0) is 40.2 Å². The Kier molecular flexibility index (Phi) is 4.34. The molecule has 0 aliphatic heterocycles. The Morgan fingerprint density at radius 2 is 2.05 bits per heavy atom. The molecule has 20 heavy (non-hydrogen) atoms. The Balaban J connectivity index is 2.17. The molecular weight excluding hydrogens is 325 g/mol. The number of benzene rings is 1. The molecule has 0 atom stereocenters. The smallest absolute Gasteiger partial charge is 0.258 e. The Labute approximate surface area is 124 Å². The predicted octanol–water partition coefficient (Wildman–Crippen LogP) is 3.30. The van der Waals surface area contributed by atoms with E-state index >= 15 is 0 Å². The number of pyridine rings is 1. The number of nitrogens with zero attached hydrogens (tertiary/aromatic N) is 2. The molecule has 0 fully saturated rings. The molecule has 0 bridgehead atoms. The number of aromatic nitrogens is 1. The largest absolute Gasteiger partial charge is 0.363 e. The molecule has 104 valence electrons. The van der Waals surface area contributed by atoms with Crippen LogP contribution in [0.25, 0.3) is 0 Å². The van der Waals surface area contributed by atoms with Crippen molar-refractivity contribution in [1.82, 2.24) is 4.98 Å². The first-order valence-electron chi connectivity index (χ1n) is 5.88. The molecule has 1 N–H and O–H groups in total. The van der Waals surface area contributed by atoms with Crippen LogP contribution in [0.5, 0.6) is 0 Å². The minimum Gasteiger partial charge on any atom is -0.363 e. The summed E-state index contributed by atoms with van der Waals surface area (Å²) in [4.78, 5) is 18.0. The Bertz CT molecular complexity index is 629. The van der Waals surface area contributed by atoms with Crippen molar-refractivity contribution in [1.29, 1.82) is 0 Å². The summed E-state index contributed by atoms with van der Waals surface area (Å²) >= 11 is 3.05. The maximum atomic E-state index is 13.8. The number of anilines is 2. The fraction of sp³-hybridized carbons (Fsp3) is 0.143. The van der Waals surface area contributed by atoms with E-state index in [0.717, 1.165) is 5.82 Å². The van der Waals surface area contributed by atoms with E-state index in [1.165, 1.54) is 12.3 Å². The molecule has 1 heterocycles. The highest BCUT2D eigenvalue weighted by Gasteiger charge is 2.14. The molecular formula is C14H13BrFN3O. The number of carbonyl (C=O) groups excluding carboxylic acids is 1. The normalized spacial score (nSPS) is 10.2. The lowest BCUT2D eigenvalue weighted by atomic mass is 10.2. The predicted molar refractivity (Wildman–Crippen MR) is 80.6 cm³/mol. The van der Waals surface area contributed by atoms with Gasteiger partial charge in [0.25, 0.3) is 5.91 Å². The number of carbonyl (C=O) groups is 1. The van der Waals surface area contributed by atoms with Gasteiger partial charge in [0, 0.05) is 14.1 Å². The van der Waals surface area contributed by atoms with Crippen LogP contribution in [0, 0.1) is 5.82 Å². The topological polar surface area (TPSA) is 45.2 Å². The SMILES string of the molecule is CN(C)c1ccc(NC(=O)c2cccc(Br)c2F)cn1. The van der Waals surface area contributed by atoms with Crippen molar-refractivity contribution in [2.45, 2.75) is 0 Å². The monoisotopic (exact) mass is 337 g/mol. The summed E-state index contributed by atoms with van der Waals surface area (Å²) < 4.78 is 14.1. The highest BCUT2D eigenvalue weighted by atomic mass is 79.9. The van der Waals surface area contributed by atoms with Crippen molar-refractivity contribution in [3.8, 4) is 0 Å². The van der Waals surface area contributed by atoms with Crippen molar-refractivity contribution in [2.75, 3.05) is 24.3 Å². The summed E-state index contributed by atoms with van der Waals surface area (Å²) in [5.74, 6) is -0.317. The van der Waals surface area contributed by atoms with Crippen LogP contribution in [-0.2, 0) is 0 Å². The van der Waals surface area contributed by atoms with Gasteiger partial charge in [0.2, 0.25) is 0 Å². The zero-order valence-electron chi connectivity index (χ0n) is 11.0. The van der Waals surface area contributed by atoms with Crippen LogP contribution in [0.2, 0.25) is 0 Å². The molecule has 6 heteroatoms. The summed E-state index contributed by atoms with van der Waals surface area (Å²) in [6, 6.07) is 8.06. The lowest BCUT2D eigenvalue weighted by molar-refractivity contribution is 0.102. The molecule has 0 saturated heterocycles. The summed E-state index contributed by atoms with van der Waals surface area (Å²) in [7, 11) is 3.74. The van der Waals surface area contributed by atoms with E-state index in [9.17, 15) is 9.18 Å². The molecule has 1 aromatic heterocycles. The Hall–Kier alpha value is -1.95. The molecule has 4 nitrogen and oxygen atoms in total. The third-order valence-electron chi connectivity index (χ3n) is 2.66.